The predicted molar refractivity (Wildman–Crippen MR) is 82.7 cm³/mol. The number of nitrogens with zero attached hydrogens (tertiary/aromatic N) is 1. The summed E-state index contributed by atoms with van der Waals surface area (Å²) in [6.07, 6.45) is 1.03. The molecule has 2 saturated heterocycles. The molecule has 2 amide bonds. The molecule has 2 fully saturated rings. The molecule has 0 aliphatic carbocycles. The number of hydrogen-bond donors (Lipinski definition) is 3. The van der Waals surface area contributed by atoms with Crippen molar-refractivity contribution in [1.82, 2.24) is 10.6 Å². The highest BCUT2D eigenvalue weighted by Gasteiger charge is 2.25. The Kier molecular flexibility index (Phi) is 4.40. The molecule has 3 N–H and O–H groups in total. The van der Waals surface area contributed by atoms with Crippen molar-refractivity contribution >= 4 is 17.5 Å². The molecule has 0 radical (unpaired) electrons. The van der Waals surface area contributed by atoms with Gasteiger partial charge in [-0.25, -0.2) is 0 Å². The van der Waals surface area contributed by atoms with Crippen LogP contribution >= 0.6 is 0 Å². The van der Waals surface area contributed by atoms with E-state index in [-0.39, 0.29) is 17.7 Å². The van der Waals surface area contributed by atoms with Crippen molar-refractivity contribution in [2.24, 2.45) is 5.92 Å². The smallest absolute Gasteiger partial charge is 0.251 e. The van der Waals surface area contributed by atoms with E-state index in [1.807, 2.05) is 6.07 Å². The Bertz CT molecular complexity index is 576. The van der Waals surface area contributed by atoms with Crippen LogP contribution in [0.25, 0.3) is 0 Å². The standard InChI is InChI=1S/C16H21N3O3/c20-14-10-17-8-12(14)9-18-16(22)11-3-1-4-13(7-11)19-6-2-5-15(19)21/h1,3-4,7,12,14,17,20H,2,5-6,8-10H2,(H,18,22). The summed E-state index contributed by atoms with van der Waals surface area (Å²) in [5, 5.41) is 15.7. The van der Waals surface area contributed by atoms with Crippen LogP contribution in [0.4, 0.5) is 5.69 Å². The van der Waals surface area contributed by atoms with Crippen LogP contribution in [0.5, 0.6) is 0 Å². The third-order valence-corrected chi connectivity index (χ3v) is 4.32. The van der Waals surface area contributed by atoms with Gasteiger partial charge < -0.3 is 20.6 Å². The van der Waals surface area contributed by atoms with Crippen molar-refractivity contribution in [2.45, 2.75) is 18.9 Å². The molecule has 2 aliphatic heterocycles. The maximum absolute atomic E-state index is 12.2. The average molecular weight is 303 g/mol. The number of carbonyl (C=O) groups excluding carboxylic acids is 2. The van der Waals surface area contributed by atoms with E-state index in [0.29, 0.717) is 38.2 Å². The van der Waals surface area contributed by atoms with Crippen LogP contribution in [-0.4, -0.2) is 49.2 Å². The van der Waals surface area contributed by atoms with Gasteiger partial charge in [-0.15, -0.1) is 0 Å². The predicted octanol–water partition coefficient (Wildman–Crippen LogP) is 0.124. The molecule has 1 aromatic carbocycles. The number of β-amino-alcohol motifs (C(OH)–C–C–N with tert-alkyl or cyclic N) is 1. The molecule has 118 valence electrons. The first-order chi connectivity index (χ1) is 10.6. The molecule has 3 rings (SSSR count). The van der Waals surface area contributed by atoms with Crippen molar-refractivity contribution in [3.8, 4) is 0 Å². The zero-order valence-electron chi connectivity index (χ0n) is 12.4. The maximum atomic E-state index is 12.2. The number of benzene rings is 1. The van der Waals surface area contributed by atoms with Gasteiger partial charge in [0.15, 0.2) is 0 Å². The van der Waals surface area contributed by atoms with Gasteiger partial charge in [0.25, 0.3) is 5.91 Å². The minimum Gasteiger partial charge on any atom is -0.391 e. The number of hydrogen-bond acceptors (Lipinski definition) is 4. The summed E-state index contributed by atoms with van der Waals surface area (Å²) in [4.78, 5) is 25.7. The van der Waals surface area contributed by atoms with Crippen LogP contribution in [0, 0.1) is 5.92 Å². The molecule has 0 aromatic heterocycles. The largest absolute Gasteiger partial charge is 0.391 e. The van der Waals surface area contributed by atoms with Crippen LogP contribution < -0.4 is 15.5 Å². The quantitative estimate of drug-likeness (QED) is 0.738. The molecule has 1 aromatic rings. The molecule has 2 unspecified atom stereocenters. The van der Waals surface area contributed by atoms with E-state index in [4.69, 9.17) is 0 Å². The topological polar surface area (TPSA) is 81.7 Å². The highest BCUT2D eigenvalue weighted by atomic mass is 16.3. The lowest BCUT2D eigenvalue weighted by molar-refractivity contribution is -0.117. The van der Waals surface area contributed by atoms with Crippen molar-refractivity contribution in [3.63, 3.8) is 0 Å². The second-order valence-electron chi connectivity index (χ2n) is 5.89. The van der Waals surface area contributed by atoms with E-state index in [1.54, 1.807) is 23.1 Å². The Balaban J connectivity index is 1.64. The number of carbonyl (C=O) groups is 2. The molecule has 0 spiro atoms. The van der Waals surface area contributed by atoms with Crippen LogP contribution in [0.2, 0.25) is 0 Å². The van der Waals surface area contributed by atoms with Crippen molar-refractivity contribution in [3.05, 3.63) is 29.8 Å². The Hall–Kier alpha value is -1.92. The molecule has 2 heterocycles. The van der Waals surface area contributed by atoms with E-state index < -0.39 is 6.10 Å². The summed E-state index contributed by atoms with van der Waals surface area (Å²) in [7, 11) is 0. The van der Waals surface area contributed by atoms with Gasteiger partial charge in [0, 0.05) is 49.8 Å². The number of aliphatic hydroxyl groups excluding tert-OH is 1. The summed E-state index contributed by atoms with van der Waals surface area (Å²) < 4.78 is 0. The van der Waals surface area contributed by atoms with Gasteiger partial charge in [0.05, 0.1) is 6.10 Å². The number of nitrogens with one attached hydrogen (secondary N) is 2. The molecule has 2 aliphatic rings. The van der Waals surface area contributed by atoms with Crippen molar-refractivity contribution in [2.75, 3.05) is 31.1 Å². The summed E-state index contributed by atoms with van der Waals surface area (Å²) in [6, 6.07) is 7.14. The summed E-state index contributed by atoms with van der Waals surface area (Å²) >= 11 is 0. The lowest BCUT2D eigenvalue weighted by Crippen LogP contribution is -2.34. The lowest BCUT2D eigenvalue weighted by Gasteiger charge is -2.17. The highest BCUT2D eigenvalue weighted by molar-refractivity contribution is 5.99. The Morgan fingerprint density at radius 3 is 2.95 bits per heavy atom. The minimum atomic E-state index is -0.408. The van der Waals surface area contributed by atoms with Crippen LogP contribution in [0.1, 0.15) is 23.2 Å². The van der Waals surface area contributed by atoms with E-state index in [0.717, 1.165) is 12.1 Å². The Morgan fingerprint density at radius 2 is 2.27 bits per heavy atom. The third-order valence-electron chi connectivity index (χ3n) is 4.32. The van der Waals surface area contributed by atoms with Gasteiger partial charge in [-0.1, -0.05) is 6.07 Å². The van der Waals surface area contributed by atoms with E-state index in [1.165, 1.54) is 0 Å². The molecule has 22 heavy (non-hydrogen) atoms. The first kappa shape index (κ1) is 15.0. The van der Waals surface area contributed by atoms with Crippen molar-refractivity contribution < 1.29 is 14.7 Å². The van der Waals surface area contributed by atoms with E-state index in [9.17, 15) is 14.7 Å². The second kappa shape index (κ2) is 6.46. The summed E-state index contributed by atoms with van der Waals surface area (Å²) in [6.45, 7) is 2.45. The number of aliphatic hydroxyl groups is 1. The molecule has 6 nitrogen and oxygen atoms in total. The first-order valence-corrected chi connectivity index (χ1v) is 7.72. The maximum Gasteiger partial charge on any atom is 0.251 e. The van der Waals surface area contributed by atoms with Crippen LogP contribution in [0.3, 0.4) is 0 Å². The summed E-state index contributed by atoms with van der Waals surface area (Å²) in [5.41, 5.74) is 1.32. The fourth-order valence-electron chi connectivity index (χ4n) is 2.99. The van der Waals surface area contributed by atoms with E-state index in [2.05, 4.69) is 10.6 Å². The molecule has 0 bridgehead atoms. The van der Waals surface area contributed by atoms with Crippen LogP contribution in [-0.2, 0) is 4.79 Å². The normalized spacial score (nSPS) is 24.8. The SMILES string of the molecule is O=C(NCC1CNCC1O)c1cccc(N2CCCC2=O)c1. The zero-order valence-corrected chi connectivity index (χ0v) is 12.4. The van der Waals surface area contributed by atoms with Gasteiger partial charge in [-0.05, 0) is 24.6 Å². The third kappa shape index (κ3) is 3.13. The lowest BCUT2D eigenvalue weighted by atomic mass is 10.1. The number of amides is 2. The molecular weight excluding hydrogens is 282 g/mol. The Labute approximate surface area is 129 Å². The van der Waals surface area contributed by atoms with Gasteiger partial charge in [-0.2, -0.15) is 0 Å². The highest BCUT2D eigenvalue weighted by Crippen LogP contribution is 2.22. The molecule has 6 heteroatoms. The van der Waals surface area contributed by atoms with Gasteiger partial charge in [-0.3, -0.25) is 9.59 Å². The number of anilines is 1. The minimum absolute atomic E-state index is 0.0484. The molecule has 0 saturated carbocycles. The monoisotopic (exact) mass is 303 g/mol. The summed E-state index contributed by atoms with van der Waals surface area (Å²) in [5.74, 6) is -0.0161. The molecular formula is C16H21N3O3. The zero-order chi connectivity index (χ0) is 15.5. The Morgan fingerprint density at radius 1 is 1.41 bits per heavy atom. The van der Waals surface area contributed by atoms with Crippen LogP contribution in [0.15, 0.2) is 24.3 Å². The van der Waals surface area contributed by atoms with Gasteiger partial charge in [0.1, 0.15) is 0 Å². The second-order valence-corrected chi connectivity index (χ2v) is 5.89. The fraction of sp³-hybridized carbons (Fsp3) is 0.500. The average Bonchev–Trinajstić information content (AvgIpc) is 3.13. The molecule has 2 atom stereocenters. The number of rotatable bonds is 4. The fourth-order valence-corrected chi connectivity index (χ4v) is 2.99. The first-order valence-electron chi connectivity index (χ1n) is 7.72. The van der Waals surface area contributed by atoms with Gasteiger partial charge >= 0.3 is 0 Å². The van der Waals surface area contributed by atoms with Gasteiger partial charge in [0.2, 0.25) is 5.91 Å². The van der Waals surface area contributed by atoms with Crippen molar-refractivity contribution in [1.29, 1.82) is 0 Å². The van der Waals surface area contributed by atoms with E-state index >= 15 is 0 Å².